The first-order chi connectivity index (χ1) is 30.3. The maximum Gasteiger partial charge on any atom is 0.164 e. The molecular weight excluding hydrogens is 743 g/mol. The van der Waals surface area contributed by atoms with Gasteiger partial charge < -0.3 is 9.13 Å². The van der Waals surface area contributed by atoms with Crippen LogP contribution in [0.1, 0.15) is 11.1 Å². The van der Waals surface area contributed by atoms with Crippen molar-refractivity contribution in [1.29, 1.82) is 0 Å². The highest BCUT2D eigenvalue weighted by Crippen LogP contribution is 2.48. The molecule has 1 aliphatic carbocycles. The molecule has 0 atom stereocenters. The summed E-state index contributed by atoms with van der Waals surface area (Å²) in [4.78, 5) is 15.5. The second-order valence-electron chi connectivity index (χ2n) is 16.0. The van der Waals surface area contributed by atoms with Crippen molar-refractivity contribution in [3.05, 3.63) is 211 Å². The number of para-hydroxylation sites is 3. The predicted octanol–water partition coefficient (Wildman–Crippen LogP) is 13.8. The molecule has 12 aromatic rings. The molecule has 0 amide bonds. The molecule has 13 rings (SSSR count). The van der Waals surface area contributed by atoms with Crippen molar-refractivity contribution in [2.45, 2.75) is 6.42 Å². The third-order valence-corrected chi connectivity index (χ3v) is 12.6. The molecule has 3 aromatic heterocycles. The number of rotatable bonds is 5. The summed E-state index contributed by atoms with van der Waals surface area (Å²) < 4.78 is 4.91. The van der Waals surface area contributed by atoms with Crippen LogP contribution in [0.2, 0.25) is 0 Å². The average Bonchev–Trinajstić information content (AvgIpc) is 4.00. The zero-order chi connectivity index (χ0) is 40.0. The lowest BCUT2D eigenvalue weighted by atomic mass is 9.93. The molecule has 0 aliphatic heterocycles. The molecule has 0 saturated carbocycles. The van der Waals surface area contributed by atoms with E-state index in [0.29, 0.717) is 17.5 Å². The van der Waals surface area contributed by atoms with Gasteiger partial charge in [-0.25, -0.2) is 15.0 Å². The maximum absolute atomic E-state index is 5.22. The lowest BCUT2D eigenvalue weighted by molar-refractivity contribution is 1.07. The Balaban J connectivity index is 1.07. The van der Waals surface area contributed by atoms with Crippen molar-refractivity contribution in [3.8, 4) is 56.7 Å². The summed E-state index contributed by atoms with van der Waals surface area (Å²) in [7, 11) is 0. The average molecular weight is 778 g/mol. The molecule has 1 aliphatic rings. The molecule has 284 valence electrons. The molecule has 0 bridgehead atoms. The van der Waals surface area contributed by atoms with Gasteiger partial charge in [-0.3, -0.25) is 0 Å². The lowest BCUT2D eigenvalue weighted by Gasteiger charge is -2.15. The Morgan fingerprint density at radius 1 is 0.377 bits per heavy atom. The zero-order valence-electron chi connectivity index (χ0n) is 33.0. The SMILES string of the molecule is c1ccc(-c2nc(-c3ccccc3)nc(-c3cc4ccccc4c4c3Cc3ccc(-n5c6ccccc6c6ccc7c(c8ccccc8n7-c7ccccc7)c65)cc3-4)n2)cc1. The highest BCUT2D eigenvalue weighted by Gasteiger charge is 2.28. The van der Waals surface area contributed by atoms with Crippen LogP contribution < -0.4 is 0 Å². The standard InChI is InChI=1S/C56H35N5/c1-4-16-35(17-5-1)54-57-55(36-18-6-2-7-19-36)59-56(58-54)47-33-37-20-10-11-23-41(37)51-45-34-40(29-28-38(45)32-46(47)51)61-48-26-14-12-24-42(48)43-30-31-50-52(53(43)61)44-25-13-15-27-49(44)60(50)39-21-8-3-9-22-39/h1-31,33-34H,32H2. The van der Waals surface area contributed by atoms with Gasteiger partial charge in [-0.05, 0) is 88.0 Å². The fourth-order valence-electron chi connectivity index (χ4n) is 9.92. The van der Waals surface area contributed by atoms with Crippen molar-refractivity contribution in [3.63, 3.8) is 0 Å². The van der Waals surface area contributed by atoms with Gasteiger partial charge in [0.15, 0.2) is 17.5 Å². The van der Waals surface area contributed by atoms with Gasteiger partial charge in [-0.15, -0.1) is 0 Å². The van der Waals surface area contributed by atoms with E-state index in [2.05, 4.69) is 173 Å². The Bertz CT molecular complexity index is 3660. The van der Waals surface area contributed by atoms with Crippen molar-refractivity contribution in [2.75, 3.05) is 0 Å². The van der Waals surface area contributed by atoms with E-state index in [0.717, 1.165) is 39.9 Å². The molecule has 0 radical (unpaired) electrons. The topological polar surface area (TPSA) is 48.5 Å². The third kappa shape index (κ3) is 5.11. The number of hydrogen-bond acceptors (Lipinski definition) is 3. The molecule has 9 aromatic carbocycles. The van der Waals surface area contributed by atoms with Gasteiger partial charge in [0, 0.05) is 49.6 Å². The molecule has 0 spiro atoms. The summed E-state index contributed by atoms with van der Waals surface area (Å²) in [5, 5.41) is 7.35. The normalized spacial score (nSPS) is 12.2. The predicted molar refractivity (Wildman–Crippen MR) is 251 cm³/mol. The second kappa shape index (κ2) is 13.2. The Morgan fingerprint density at radius 3 is 1.69 bits per heavy atom. The number of fused-ring (bicyclic) bond motifs is 12. The van der Waals surface area contributed by atoms with Crippen LogP contribution in [-0.2, 0) is 6.42 Å². The van der Waals surface area contributed by atoms with Gasteiger partial charge in [0.2, 0.25) is 0 Å². The van der Waals surface area contributed by atoms with E-state index in [1.165, 1.54) is 71.3 Å². The van der Waals surface area contributed by atoms with Gasteiger partial charge in [-0.2, -0.15) is 0 Å². The van der Waals surface area contributed by atoms with Crippen molar-refractivity contribution >= 4 is 54.4 Å². The van der Waals surface area contributed by atoms with E-state index in [-0.39, 0.29) is 0 Å². The first kappa shape index (κ1) is 33.8. The largest absolute Gasteiger partial charge is 0.309 e. The summed E-state index contributed by atoms with van der Waals surface area (Å²) in [6, 6.07) is 71.6. The first-order valence-corrected chi connectivity index (χ1v) is 20.8. The zero-order valence-corrected chi connectivity index (χ0v) is 33.0. The summed E-state index contributed by atoms with van der Waals surface area (Å²) in [5.74, 6) is 2.01. The molecule has 0 fully saturated rings. The molecule has 0 N–H and O–H groups in total. The number of aromatic nitrogens is 5. The van der Waals surface area contributed by atoms with E-state index >= 15 is 0 Å². The fourth-order valence-corrected chi connectivity index (χ4v) is 9.92. The van der Waals surface area contributed by atoms with Crippen molar-refractivity contribution < 1.29 is 0 Å². The van der Waals surface area contributed by atoms with Gasteiger partial charge in [0.25, 0.3) is 0 Å². The Labute approximate surface area is 351 Å². The monoisotopic (exact) mass is 777 g/mol. The summed E-state index contributed by atoms with van der Waals surface area (Å²) in [5.41, 5.74) is 15.1. The first-order valence-electron chi connectivity index (χ1n) is 20.8. The highest BCUT2D eigenvalue weighted by molar-refractivity contribution is 6.26. The number of nitrogens with zero attached hydrogens (tertiary/aromatic N) is 5. The van der Waals surface area contributed by atoms with Crippen LogP contribution in [0.3, 0.4) is 0 Å². The van der Waals surface area contributed by atoms with Crippen molar-refractivity contribution in [1.82, 2.24) is 24.1 Å². The van der Waals surface area contributed by atoms with E-state index in [4.69, 9.17) is 15.0 Å². The maximum atomic E-state index is 5.22. The Morgan fingerprint density at radius 2 is 0.967 bits per heavy atom. The van der Waals surface area contributed by atoms with Gasteiger partial charge in [-0.1, -0.05) is 152 Å². The van der Waals surface area contributed by atoms with E-state index < -0.39 is 0 Å². The van der Waals surface area contributed by atoms with Crippen LogP contribution in [0.5, 0.6) is 0 Å². The molecule has 61 heavy (non-hydrogen) atoms. The molecule has 3 heterocycles. The van der Waals surface area contributed by atoms with E-state index in [1.54, 1.807) is 0 Å². The number of benzene rings is 9. The van der Waals surface area contributed by atoms with Crippen LogP contribution in [0, 0.1) is 0 Å². The van der Waals surface area contributed by atoms with E-state index in [1.807, 2.05) is 36.4 Å². The fraction of sp³-hybridized carbons (Fsp3) is 0.0179. The van der Waals surface area contributed by atoms with E-state index in [9.17, 15) is 0 Å². The van der Waals surface area contributed by atoms with Crippen LogP contribution in [0.4, 0.5) is 0 Å². The van der Waals surface area contributed by atoms with Crippen LogP contribution >= 0.6 is 0 Å². The molecule has 5 nitrogen and oxygen atoms in total. The summed E-state index contributed by atoms with van der Waals surface area (Å²) in [6.45, 7) is 0. The molecule has 0 saturated heterocycles. The van der Waals surface area contributed by atoms with Crippen LogP contribution in [-0.4, -0.2) is 24.1 Å². The highest BCUT2D eigenvalue weighted by atomic mass is 15.0. The third-order valence-electron chi connectivity index (χ3n) is 12.6. The van der Waals surface area contributed by atoms with Crippen molar-refractivity contribution in [2.24, 2.45) is 0 Å². The van der Waals surface area contributed by atoms with Gasteiger partial charge in [0.05, 0.1) is 22.1 Å². The number of hydrogen-bond donors (Lipinski definition) is 0. The minimum Gasteiger partial charge on any atom is -0.309 e. The van der Waals surface area contributed by atoms with Crippen LogP contribution in [0.25, 0.3) is 111 Å². The summed E-state index contributed by atoms with van der Waals surface area (Å²) >= 11 is 0. The minimum absolute atomic E-state index is 0.662. The molecule has 5 heteroatoms. The Hall–Kier alpha value is -8.15. The minimum atomic E-state index is 0.662. The quantitative estimate of drug-likeness (QED) is 0.175. The van der Waals surface area contributed by atoms with Crippen LogP contribution in [0.15, 0.2) is 200 Å². The van der Waals surface area contributed by atoms with Gasteiger partial charge >= 0.3 is 0 Å². The second-order valence-corrected chi connectivity index (χ2v) is 16.0. The lowest BCUT2D eigenvalue weighted by Crippen LogP contribution is -2.02. The van der Waals surface area contributed by atoms with Gasteiger partial charge in [0.1, 0.15) is 0 Å². The molecule has 0 unspecified atom stereocenters. The summed E-state index contributed by atoms with van der Waals surface area (Å²) in [6.07, 6.45) is 0.778. The smallest absolute Gasteiger partial charge is 0.164 e. The Kier molecular flexibility index (Phi) is 7.30. The molecular formula is C56H35N5.